The number of hydrogen-bond donors (Lipinski definition) is 1. The third-order valence-corrected chi connectivity index (χ3v) is 2.98. The Morgan fingerprint density at radius 1 is 1.50 bits per heavy atom. The molecule has 2 rings (SSSR count). The Morgan fingerprint density at radius 3 is 2.94 bits per heavy atom. The smallest absolute Gasteiger partial charge is 0.141 e. The Hall–Kier alpha value is -1.04. The predicted octanol–water partition coefficient (Wildman–Crippen LogP) is 2.57. The maximum absolute atomic E-state index is 12.9. The van der Waals surface area contributed by atoms with Crippen LogP contribution in [0.5, 0.6) is 0 Å². The van der Waals surface area contributed by atoms with Crippen LogP contribution in [-0.2, 0) is 6.42 Å². The summed E-state index contributed by atoms with van der Waals surface area (Å²) in [6.45, 7) is 0. The van der Waals surface area contributed by atoms with E-state index in [0.29, 0.717) is 6.42 Å². The van der Waals surface area contributed by atoms with Crippen LogP contribution in [0.2, 0.25) is 5.02 Å². The van der Waals surface area contributed by atoms with Crippen LogP contribution in [-0.4, -0.2) is 8.75 Å². The molecule has 6 heteroatoms. The molecule has 0 spiro atoms. The van der Waals surface area contributed by atoms with E-state index >= 15 is 0 Å². The Kier molecular flexibility index (Phi) is 3.48. The van der Waals surface area contributed by atoms with Crippen molar-refractivity contribution in [2.24, 2.45) is 5.73 Å². The van der Waals surface area contributed by atoms with Gasteiger partial charge in [-0.25, -0.2) is 4.39 Å². The molecule has 0 aliphatic rings. The average molecular weight is 258 g/mol. The molecule has 1 unspecified atom stereocenters. The van der Waals surface area contributed by atoms with Crippen molar-refractivity contribution < 1.29 is 4.39 Å². The SMILES string of the molecule is NC(Cc1ccc(F)c(Cl)c1)c1cnsn1. The summed E-state index contributed by atoms with van der Waals surface area (Å²) in [4.78, 5) is 0. The zero-order valence-electron chi connectivity index (χ0n) is 8.23. The fourth-order valence-corrected chi connectivity index (χ4v) is 2.04. The molecule has 0 bridgehead atoms. The largest absolute Gasteiger partial charge is 0.322 e. The van der Waals surface area contributed by atoms with E-state index in [1.54, 1.807) is 18.3 Å². The number of nitrogens with zero attached hydrogens (tertiary/aromatic N) is 2. The first-order valence-corrected chi connectivity index (χ1v) is 5.74. The molecule has 1 heterocycles. The molecule has 3 nitrogen and oxygen atoms in total. The first kappa shape index (κ1) is 11.4. The molecule has 0 aliphatic heterocycles. The van der Waals surface area contributed by atoms with Crippen molar-refractivity contribution in [3.05, 3.63) is 46.5 Å². The van der Waals surface area contributed by atoms with Crippen LogP contribution < -0.4 is 5.73 Å². The lowest BCUT2D eigenvalue weighted by atomic mass is 10.0. The summed E-state index contributed by atoms with van der Waals surface area (Å²) in [5.74, 6) is -0.422. The number of aromatic nitrogens is 2. The highest BCUT2D eigenvalue weighted by atomic mass is 35.5. The number of nitrogens with two attached hydrogens (primary N) is 1. The van der Waals surface area contributed by atoms with Crippen molar-refractivity contribution in [2.45, 2.75) is 12.5 Å². The highest BCUT2D eigenvalue weighted by Gasteiger charge is 2.11. The van der Waals surface area contributed by atoms with Crippen LogP contribution in [0.25, 0.3) is 0 Å². The van der Waals surface area contributed by atoms with E-state index in [0.717, 1.165) is 23.0 Å². The summed E-state index contributed by atoms with van der Waals surface area (Å²) in [6.07, 6.45) is 2.20. The molecule has 2 N–H and O–H groups in total. The van der Waals surface area contributed by atoms with Crippen LogP contribution in [0.15, 0.2) is 24.4 Å². The molecule has 16 heavy (non-hydrogen) atoms. The third kappa shape index (κ3) is 2.55. The van der Waals surface area contributed by atoms with Gasteiger partial charge in [0.25, 0.3) is 0 Å². The van der Waals surface area contributed by atoms with Gasteiger partial charge in [0.15, 0.2) is 0 Å². The zero-order chi connectivity index (χ0) is 11.5. The van der Waals surface area contributed by atoms with Crippen molar-refractivity contribution in [3.63, 3.8) is 0 Å². The average Bonchev–Trinajstić information content (AvgIpc) is 2.77. The molecule has 0 radical (unpaired) electrons. The quantitative estimate of drug-likeness (QED) is 0.920. The van der Waals surface area contributed by atoms with E-state index in [1.807, 2.05) is 0 Å². The van der Waals surface area contributed by atoms with E-state index in [2.05, 4.69) is 8.75 Å². The molecular weight excluding hydrogens is 249 g/mol. The number of hydrogen-bond acceptors (Lipinski definition) is 4. The minimum atomic E-state index is -0.422. The highest BCUT2D eigenvalue weighted by Crippen LogP contribution is 2.20. The monoisotopic (exact) mass is 257 g/mol. The van der Waals surface area contributed by atoms with E-state index in [4.69, 9.17) is 17.3 Å². The number of rotatable bonds is 3. The van der Waals surface area contributed by atoms with Gasteiger partial charge in [-0.1, -0.05) is 17.7 Å². The van der Waals surface area contributed by atoms with Crippen LogP contribution in [0.3, 0.4) is 0 Å². The third-order valence-electron chi connectivity index (χ3n) is 2.20. The minimum Gasteiger partial charge on any atom is -0.322 e. The summed E-state index contributed by atoms with van der Waals surface area (Å²) in [6, 6.07) is 4.35. The first-order chi connectivity index (χ1) is 7.66. The van der Waals surface area contributed by atoms with Crippen molar-refractivity contribution in [2.75, 3.05) is 0 Å². The second-order valence-electron chi connectivity index (χ2n) is 3.39. The van der Waals surface area contributed by atoms with Crippen molar-refractivity contribution in [3.8, 4) is 0 Å². The van der Waals surface area contributed by atoms with Gasteiger partial charge >= 0.3 is 0 Å². The molecule has 1 aromatic heterocycles. The van der Waals surface area contributed by atoms with Crippen LogP contribution >= 0.6 is 23.3 Å². The van der Waals surface area contributed by atoms with E-state index in [-0.39, 0.29) is 11.1 Å². The molecule has 0 aliphatic carbocycles. The van der Waals surface area contributed by atoms with Crippen molar-refractivity contribution in [1.82, 2.24) is 8.75 Å². The lowest BCUT2D eigenvalue weighted by Crippen LogP contribution is -2.13. The van der Waals surface area contributed by atoms with Crippen molar-refractivity contribution in [1.29, 1.82) is 0 Å². The standard InChI is InChI=1S/C10H9ClFN3S/c11-7-3-6(1-2-8(7)12)4-9(13)10-5-14-16-15-10/h1-3,5,9H,4,13H2. The van der Waals surface area contributed by atoms with Crippen molar-refractivity contribution >= 4 is 23.3 Å². The van der Waals surface area contributed by atoms with Gasteiger partial charge in [0, 0.05) is 0 Å². The highest BCUT2D eigenvalue weighted by molar-refractivity contribution is 6.99. The van der Waals surface area contributed by atoms with Crippen LogP contribution in [0.1, 0.15) is 17.3 Å². The summed E-state index contributed by atoms with van der Waals surface area (Å²) in [5, 5.41) is 0.112. The molecule has 1 aromatic carbocycles. The summed E-state index contributed by atoms with van der Waals surface area (Å²) < 4.78 is 20.9. The Balaban J connectivity index is 2.12. The lowest BCUT2D eigenvalue weighted by Gasteiger charge is -2.08. The second kappa shape index (κ2) is 4.86. The summed E-state index contributed by atoms with van der Waals surface area (Å²) in [7, 11) is 0. The maximum atomic E-state index is 12.9. The lowest BCUT2D eigenvalue weighted by molar-refractivity contribution is 0.625. The Bertz CT molecular complexity index is 475. The van der Waals surface area contributed by atoms with Gasteiger partial charge in [-0.15, -0.1) is 0 Å². The Labute approximate surface area is 101 Å². The fraction of sp³-hybridized carbons (Fsp3) is 0.200. The molecule has 0 amide bonds. The normalized spacial score (nSPS) is 12.7. The molecular formula is C10H9ClFN3S. The zero-order valence-corrected chi connectivity index (χ0v) is 9.80. The van der Waals surface area contributed by atoms with E-state index < -0.39 is 5.82 Å². The maximum Gasteiger partial charge on any atom is 0.141 e. The summed E-state index contributed by atoms with van der Waals surface area (Å²) >= 11 is 6.80. The minimum absolute atomic E-state index is 0.112. The van der Waals surface area contributed by atoms with Crippen LogP contribution in [0, 0.1) is 5.82 Å². The molecule has 2 aromatic rings. The van der Waals surface area contributed by atoms with E-state index in [9.17, 15) is 4.39 Å². The molecule has 84 valence electrons. The second-order valence-corrected chi connectivity index (χ2v) is 4.36. The Morgan fingerprint density at radius 2 is 2.31 bits per heavy atom. The predicted molar refractivity (Wildman–Crippen MR) is 62.0 cm³/mol. The van der Waals surface area contributed by atoms with Crippen LogP contribution in [0.4, 0.5) is 4.39 Å². The van der Waals surface area contributed by atoms with Gasteiger partial charge in [0.05, 0.1) is 34.7 Å². The topological polar surface area (TPSA) is 51.8 Å². The van der Waals surface area contributed by atoms with Gasteiger partial charge in [0.1, 0.15) is 5.82 Å². The fourth-order valence-electron chi connectivity index (χ4n) is 1.36. The molecule has 0 fully saturated rings. The van der Waals surface area contributed by atoms with Gasteiger partial charge in [-0.3, -0.25) is 0 Å². The summed E-state index contributed by atoms with van der Waals surface area (Å²) in [5.41, 5.74) is 7.55. The first-order valence-electron chi connectivity index (χ1n) is 4.64. The van der Waals surface area contributed by atoms with Gasteiger partial charge in [-0.2, -0.15) is 8.75 Å². The number of benzene rings is 1. The number of halogens is 2. The van der Waals surface area contributed by atoms with Gasteiger partial charge in [-0.05, 0) is 24.1 Å². The molecule has 0 saturated heterocycles. The molecule has 1 atom stereocenters. The molecule has 0 saturated carbocycles. The van der Waals surface area contributed by atoms with Gasteiger partial charge < -0.3 is 5.73 Å². The van der Waals surface area contributed by atoms with Gasteiger partial charge in [0.2, 0.25) is 0 Å². The van der Waals surface area contributed by atoms with E-state index in [1.165, 1.54) is 6.07 Å².